The van der Waals surface area contributed by atoms with Crippen molar-refractivity contribution in [2.75, 3.05) is 9.80 Å². The molecule has 0 atom stereocenters. The molecule has 1 aliphatic carbocycles. The lowest BCUT2D eigenvalue weighted by molar-refractivity contribution is 0.568. The monoisotopic (exact) mass is 741 g/mol. The van der Waals surface area contributed by atoms with E-state index >= 15 is 0 Å². The Bertz CT molecular complexity index is 2270. The molecule has 2 heterocycles. The van der Waals surface area contributed by atoms with Gasteiger partial charge in [-0.1, -0.05) is 132 Å². The quantitative estimate of drug-likeness (QED) is 0.163. The zero-order chi connectivity index (χ0) is 40.1. The van der Waals surface area contributed by atoms with Gasteiger partial charge in [-0.15, -0.1) is 0 Å². The number of aryl methyl sites for hydroxylation is 3. The van der Waals surface area contributed by atoms with Gasteiger partial charge in [0.25, 0.3) is 6.71 Å². The predicted molar refractivity (Wildman–Crippen MR) is 246 cm³/mol. The highest BCUT2D eigenvalue weighted by Crippen LogP contribution is 2.48. The van der Waals surface area contributed by atoms with Crippen LogP contribution in [-0.4, -0.2) is 6.71 Å². The van der Waals surface area contributed by atoms with Crippen LogP contribution in [0.5, 0.6) is 0 Å². The maximum atomic E-state index is 2.68. The van der Waals surface area contributed by atoms with Gasteiger partial charge in [0, 0.05) is 34.1 Å². The maximum absolute atomic E-state index is 2.68. The summed E-state index contributed by atoms with van der Waals surface area (Å²) in [7, 11) is 0. The minimum Gasteiger partial charge on any atom is -0.311 e. The van der Waals surface area contributed by atoms with Gasteiger partial charge in [0.2, 0.25) is 0 Å². The number of hydrogen-bond acceptors (Lipinski definition) is 2. The van der Waals surface area contributed by atoms with Gasteiger partial charge in [-0.25, -0.2) is 0 Å². The Balaban J connectivity index is 1.48. The molecule has 0 spiro atoms. The number of fused-ring (bicyclic) bond motifs is 5. The first kappa shape index (κ1) is 38.6. The summed E-state index contributed by atoms with van der Waals surface area (Å²) in [6.45, 7) is 30.7. The van der Waals surface area contributed by atoms with E-state index < -0.39 is 0 Å². The lowest BCUT2D eigenvalue weighted by Crippen LogP contribution is -2.61. The Morgan fingerprint density at radius 3 is 1.32 bits per heavy atom. The molecule has 0 N–H and O–H groups in total. The van der Waals surface area contributed by atoms with Crippen LogP contribution in [-0.2, 0) is 34.5 Å². The lowest BCUT2D eigenvalue weighted by atomic mass is 9.33. The average Bonchev–Trinajstić information content (AvgIpc) is 3.09. The molecule has 3 heteroatoms. The third-order valence-corrected chi connectivity index (χ3v) is 12.9. The van der Waals surface area contributed by atoms with Crippen LogP contribution in [0.3, 0.4) is 0 Å². The van der Waals surface area contributed by atoms with Crippen molar-refractivity contribution < 1.29 is 0 Å². The molecule has 56 heavy (non-hydrogen) atoms. The van der Waals surface area contributed by atoms with Crippen molar-refractivity contribution in [2.24, 2.45) is 0 Å². The van der Waals surface area contributed by atoms with Crippen molar-refractivity contribution >= 4 is 57.2 Å². The van der Waals surface area contributed by atoms with Crippen molar-refractivity contribution in [2.45, 2.75) is 150 Å². The number of benzene rings is 5. The van der Waals surface area contributed by atoms with E-state index in [2.05, 4.69) is 185 Å². The maximum Gasteiger partial charge on any atom is 0.252 e. The molecule has 0 unspecified atom stereocenters. The summed E-state index contributed by atoms with van der Waals surface area (Å²) in [6.07, 6.45) is 7.52. The van der Waals surface area contributed by atoms with Gasteiger partial charge in [-0.05, 0) is 158 Å². The van der Waals surface area contributed by atoms with Crippen molar-refractivity contribution in [1.82, 2.24) is 0 Å². The molecule has 0 fully saturated rings. The van der Waals surface area contributed by atoms with E-state index in [4.69, 9.17) is 0 Å². The Morgan fingerprint density at radius 2 is 0.857 bits per heavy atom. The van der Waals surface area contributed by atoms with E-state index in [1.54, 1.807) is 11.1 Å². The normalized spacial score (nSPS) is 15.8. The molecular weight excluding hydrogens is 675 g/mol. The predicted octanol–water partition coefficient (Wildman–Crippen LogP) is 12.9. The number of hydrogen-bond donors (Lipinski definition) is 0. The molecule has 8 rings (SSSR count). The smallest absolute Gasteiger partial charge is 0.252 e. The van der Waals surface area contributed by atoms with Gasteiger partial charge in [0.1, 0.15) is 0 Å². The van der Waals surface area contributed by atoms with E-state index in [-0.39, 0.29) is 28.4 Å². The summed E-state index contributed by atoms with van der Waals surface area (Å²) in [5.74, 6) is 0. The molecule has 5 aromatic carbocycles. The topological polar surface area (TPSA) is 6.48 Å². The molecule has 0 aromatic heterocycles. The molecule has 0 radical (unpaired) electrons. The van der Waals surface area contributed by atoms with E-state index in [9.17, 15) is 0 Å². The van der Waals surface area contributed by atoms with Gasteiger partial charge >= 0.3 is 0 Å². The number of rotatable bonds is 2. The number of para-hydroxylation sites is 1. The SMILES string of the molecule is Cc1cc2c3c(c1)N(c1cc(C(C)(C)C)cc(C(C)(C)C)c1)c1cc4c(cc1B3c1ccccc1N2c1cc(C(C)(C)C)cc(C(C)(C)C)c1)CCCCCC4. The minimum absolute atomic E-state index is 0.00772. The Morgan fingerprint density at radius 1 is 0.429 bits per heavy atom. The van der Waals surface area contributed by atoms with Crippen LogP contribution in [0.1, 0.15) is 148 Å². The van der Waals surface area contributed by atoms with Crippen LogP contribution >= 0.6 is 0 Å². The fraction of sp³-hybridized carbons (Fsp3) is 0.434. The molecule has 0 saturated carbocycles. The van der Waals surface area contributed by atoms with Gasteiger partial charge in [0.05, 0.1) is 0 Å². The van der Waals surface area contributed by atoms with Gasteiger partial charge < -0.3 is 9.80 Å². The molecule has 0 saturated heterocycles. The largest absolute Gasteiger partial charge is 0.311 e. The molecule has 0 bridgehead atoms. The summed E-state index contributed by atoms with van der Waals surface area (Å²) >= 11 is 0. The highest BCUT2D eigenvalue weighted by atomic mass is 15.2. The summed E-state index contributed by atoms with van der Waals surface area (Å²) in [5.41, 5.74) is 22.0. The number of nitrogens with zero attached hydrogens (tertiary/aromatic N) is 2. The van der Waals surface area contributed by atoms with Crippen molar-refractivity contribution in [3.63, 3.8) is 0 Å². The summed E-state index contributed by atoms with van der Waals surface area (Å²) in [6, 6.07) is 34.4. The minimum atomic E-state index is 0.00772. The van der Waals surface area contributed by atoms with Crippen LogP contribution in [0.2, 0.25) is 0 Å². The van der Waals surface area contributed by atoms with Crippen LogP contribution in [0.4, 0.5) is 34.1 Å². The fourth-order valence-electron chi connectivity index (χ4n) is 9.44. The van der Waals surface area contributed by atoms with E-state index in [1.165, 1.54) is 110 Å². The van der Waals surface area contributed by atoms with Crippen LogP contribution in [0, 0.1) is 6.92 Å². The van der Waals surface area contributed by atoms with Gasteiger partial charge in [0.15, 0.2) is 0 Å². The molecule has 2 nitrogen and oxygen atoms in total. The van der Waals surface area contributed by atoms with E-state index in [1.807, 2.05) is 0 Å². The molecule has 2 aliphatic heterocycles. The van der Waals surface area contributed by atoms with Crippen molar-refractivity contribution in [1.29, 1.82) is 0 Å². The fourth-order valence-corrected chi connectivity index (χ4v) is 9.44. The molecule has 5 aromatic rings. The third kappa shape index (κ3) is 6.82. The highest BCUT2D eigenvalue weighted by molar-refractivity contribution is 7.00. The Kier molecular flexibility index (Phi) is 9.26. The zero-order valence-electron chi connectivity index (χ0n) is 36.8. The van der Waals surface area contributed by atoms with E-state index in [0.717, 1.165) is 6.42 Å². The lowest BCUT2D eigenvalue weighted by Gasteiger charge is -2.45. The highest BCUT2D eigenvalue weighted by Gasteiger charge is 2.44. The second-order valence-corrected chi connectivity index (χ2v) is 21.5. The van der Waals surface area contributed by atoms with Crippen molar-refractivity contribution in [3.8, 4) is 0 Å². The molecule has 290 valence electrons. The van der Waals surface area contributed by atoms with Crippen LogP contribution in [0.15, 0.2) is 84.9 Å². The Hall–Kier alpha value is -4.24. The summed E-state index contributed by atoms with van der Waals surface area (Å²) in [5, 5.41) is 0. The van der Waals surface area contributed by atoms with Crippen LogP contribution in [0.25, 0.3) is 0 Å². The third-order valence-electron chi connectivity index (χ3n) is 12.9. The molecule has 0 amide bonds. The summed E-state index contributed by atoms with van der Waals surface area (Å²) in [4.78, 5) is 5.30. The standard InChI is InChI=1S/C53H65BN2/c1-34-24-47-49-48(25-34)56(42-32-39(52(8,9)10)29-40(33-42)53(11,12)13)46-27-36-21-17-15-14-16-20-35(36)26-44(46)54(49)43-22-18-19-23-45(43)55(47)41-30-37(50(2,3)4)28-38(31-41)51(5,6)7/h18-19,22-33H,14-17,20-21H2,1-13H3. The Labute approximate surface area is 339 Å². The number of anilines is 6. The average molecular weight is 741 g/mol. The van der Waals surface area contributed by atoms with Crippen molar-refractivity contribution in [3.05, 3.63) is 124 Å². The van der Waals surface area contributed by atoms with E-state index in [0.29, 0.717) is 0 Å². The molecular formula is C53H65BN2. The second-order valence-electron chi connectivity index (χ2n) is 21.5. The second kappa shape index (κ2) is 13.4. The first-order valence-electron chi connectivity index (χ1n) is 21.5. The first-order chi connectivity index (χ1) is 26.2. The van der Waals surface area contributed by atoms with Gasteiger partial charge in [-0.2, -0.15) is 0 Å². The van der Waals surface area contributed by atoms with Gasteiger partial charge in [-0.3, -0.25) is 0 Å². The van der Waals surface area contributed by atoms with Crippen LogP contribution < -0.4 is 26.2 Å². The first-order valence-corrected chi connectivity index (χ1v) is 21.5. The summed E-state index contributed by atoms with van der Waals surface area (Å²) < 4.78 is 0. The zero-order valence-corrected chi connectivity index (χ0v) is 36.8. The molecule has 3 aliphatic rings.